The van der Waals surface area contributed by atoms with Gasteiger partial charge < -0.3 is 9.84 Å². The molecule has 0 spiro atoms. The van der Waals surface area contributed by atoms with E-state index in [2.05, 4.69) is 20.4 Å². The van der Waals surface area contributed by atoms with Crippen molar-refractivity contribution in [3.05, 3.63) is 65.5 Å². The number of carbonyl (C=O) groups is 1. The predicted molar refractivity (Wildman–Crippen MR) is 107 cm³/mol. The molecule has 1 aromatic heterocycles. The van der Waals surface area contributed by atoms with E-state index >= 15 is 0 Å². The van der Waals surface area contributed by atoms with Crippen molar-refractivity contribution in [2.24, 2.45) is 5.92 Å². The first-order valence-corrected chi connectivity index (χ1v) is 9.86. The summed E-state index contributed by atoms with van der Waals surface area (Å²) in [6, 6.07) is 10.9. The van der Waals surface area contributed by atoms with Crippen LogP contribution in [0.15, 0.2) is 47.0 Å². The Morgan fingerprint density at radius 1 is 1.23 bits per heavy atom. The average molecular weight is 412 g/mol. The maximum Gasteiger partial charge on any atom is 0.257 e. The molecular formula is C22H22F2N4O2. The number of hydrogen-bond acceptors (Lipinski definition) is 5. The number of piperidine rings is 1. The van der Waals surface area contributed by atoms with Gasteiger partial charge in [0.1, 0.15) is 11.6 Å². The number of rotatable bonds is 5. The molecule has 8 heteroatoms. The van der Waals surface area contributed by atoms with E-state index in [9.17, 15) is 13.6 Å². The highest BCUT2D eigenvalue weighted by Crippen LogP contribution is 2.23. The summed E-state index contributed by atoms with van der Waals surface area (Å²) in [4.78, 5) is 19.1. The van der Waals surface area contributed by atoms with Gasteiger partial charge in [-0.25, -0.2) is 8.78 Å². The molecular weight excluding hydrogens is 390 g/mol. The third-order valence-electron chi connectivity index (χ3n) is 5.20. The van der Waals surface area contributed by atoms with Crippen LogP contribution in [0.1, 0.15) is 24.2 Å². The third kappa shape index (κ3) is 4.71. The van der Waals surface area contributed by atoms with Gasteiger partial charge in [0.25, 0.3) is 5.89 Å². The van der Waals surface area contributed by atoms with Crippen LogP contribution in [0.3, 0.4) is 0 Å². The summed E-state index contributed by atoms with van der Waals surface area (Å²) in [7, 11) is 0. The van der Waals surface area contributed by atoms with Crippen molar-refractivity contribution in [2.45, 2.75) is 26.3 Å². The van der Waals surface area contributed by atoms with Crippen LogP contribution in [0.2, 0.25) is 0 Å². The van der Waals surface area contributed by atoms with Gasteiger partial charge in [0.05, 0.1) is 18.2 Å². The van der Waals surface area contributed by atoms with E-state index < -0.39 is 11.6 Å². The van der Waals surface area contributed by atoms with Crippen LogP contribution >= 0.6 is 0 Å². The zero-order chi connectivity index (χ0) is 21.1. The highest BCUT2D eigenvalue weighted by molar-refractivity contribution is 5.92. The van der Waals surface area contributed by atoms with Crippen molar-refractivity contribution in [2.75, 3.05) is 18.4 Å². The van der Waals surface area contributed by atoms with Gasteiger partial charge >= 0.3 is 0 Å². The van der Waals surface area contributed by atoms with Gasteiger partial charge in [0, 0.05) is 18.2 Å². The SMILES string of the molecule is Cc1ccc(-c2nc(CN3CCC[C@@H](C(=O)Nc4ccc(F)cc4F)C3)no2)cc1. The number of likely N-dealkylation sites (tertiary alicyclic amines) is 1. The molecule has 1 amide bonds. The van der Waals surface area contributed by atoms with Gasteiger partial charge in [-0.15, -0.1) is 0 Å². The number of anilines is 1. The lowest BCUT2D eigenvalue weighted by Gasteiger charge is -2.31. The predicted octanol–water partition coefficient (Wildman–Crippen LogP) is 4.17. The fourth-order valence-electron chi connectivity index (χ4n) is 3.57. The second-order valence-corrected chi connectivity index (χ2v) is 7.57. The van der Waals surface area contributed by atoms with E-state index in [1.54, 1.807) is 0 Å². The number of halogens is 2. The summed E-state index contributed by atoms with van der Waals surface area (Å²) in [6.07, 6.45) is 1.53. The van der Waals surface area contributed by atoms with E-state index in [4.69, 9.17) is 4.52 Å². The molecule has 3 aromatic rings. The van der Waals surface area contributed by atoms with Crippen molar-refractivity contribution in [3.8, 4) is 11.5 Å². The maximum absolute atomic E-state index is 13.8. The molecule has 1 aliphatic rings. The molecule has 0 radical (unpaired) electrons. The van der Waals surface area contributed by atoms with Crippen LogP contribution in [0.5, 0.6) is 0 Å². The van der Waals surface area contributed by atoms with Crippen LogP contribution in [0, 0.1) is 24.5 Å². The van der Waals surface area contributed by atoms with Crippen molar-refractivity contribution in [3.63, 3.8) is 0 Å². The molecule has 2 aromatic carbocycles. The molecule has 2 heterocycles. The molecule has 1 aliphatic heterocycles. The first kappa shape index (κ1) is 20.2. The van der Waals surface area contributed by atoms with Crippen LogP contribution in [-0.2, 0) is 11.3 Å². The Morgan fingerprint density at radius 2 is 2.03 bits per heavy atom. The number of benzene rings is 2. The van der Waals surface area contributed by atoms with E-state index in [1.807, 2.05) is 31.2 Å². The Labute approximate surface area is 172 Å². The number of nitrogens with zero attached hydrogens (tertiary/aromatic N) is 3. The number of carbonyl (C=O) groups excluding carboxylic acids is 1. The molecule has 0 bridgehead atoms. The summed E-state index contributed by atoms with van der Waals surface area (Å²) in [5.74, 6) is -1.03. The first-order valence-electron chi connectivity index (χ1n) is 9.86. The molecule has 1 atom stereocenters. The fourth-order valence-corrected chi connectivity index (χ4v) is 3.57. The average Bonchev–Trinajstić information content (AvgIpc) is 3.19. The van der Waals surface area contributed by atoms with Crippen LogP contribution < -0.4 is 5.32 Å². The van der Waals surface area contributed by atoms with Crippen molar-refractivity contribution in [1.29, 1.82) is 0 Å². The zero-order valence-electron chi connectivity index (χ0n) is 16.6. The van der Waals surface area contributed by atoms with Gasteiger partial charge in [-0.3, -0.25) is 9.69 Å². The largest absolute Gasteiger partial charge is 0.334 e. The molecule has 156 valence electrons. The number of hydrogen-bond donors (Lipinski definition) is 1. The summed E-state index contributed by atoms with van der Waals surface area (Å²) in [5.41, 5.74) is 1.99. The molecule has 1 fully saturated rings. The second kappa shape index (κ2) is 8.71. The number of aromatic nitrogens is 2. The van der Waals surface area contributed by atoms with Gasteiger partial charge in [-0.2, -0.15) is 4.98 Å². The molecule has 1 N–H and O–H groups in total. The lowest BCUT2D eigenvalue weighted by molar-refractivity contribution is -0.121. The zero-order valence-corrected chi connectivity index (χ0v) is 16.6. The number of nitrogens with one attached hydrogen (secondary N) is 1. The van der Waals surface area contributed by atoms with E-state index in [-0.39, 0.29) is 17.5 Å². The highest BCUT2D eigenvalue weighted by Gasteiger charge is 2.27. The van der Waals surface area contributed by atoms with Gasteiger partial charge in [0.15, 0.2) is 5.82 Å². The molecule has 4 rings (SSSR count). The molecule has 6 nitrogen and oxygen atoms in total. The Bertz CT molecular complexity index is 1040. The van der Waals surface area contributed by atoms with E-state index in [0.29, 0.717) is 31.2 Å². The normalized spacial score (nSPS) is 17.1. The van der Waals surface area contributed by atoms with Crippen molar-refractivity contribution < 1.29 is 18.1 Å². The van der Waals surface area contributed by atoms with Crippen molar-refractivity contribution in [1.82, 2.24) is 15.0 Å². The quantitative estimate of drug-likeness (QED) is 0.681. The summed E-state index contributed by atoms with van der Waals surface area (Å²) < 4.78 is 32.2. The Balaban J connectivity index is 1.37. The second-order valence-electron chi connectivity index (χ2n) is 7.57. The summed E-state index contributed by atoms with van der Waals surface area (Å²) >= 11 is 0. The van der Waals surface area contributed by atoms with Crippen molar-refractivity contribution >= 4 is 11.6 Å². The molecule has 1 saturated heterocycles. The standard InChI is InChI=1S/C22H22F2N4O2/c1-14-4-6-15(7-5-14)22-26-20(27-30-22)13-28-10-2-3-16(12-28)21(29)25-19-9-8-17(23)11-18(19)24/h4-9,11,16H,2-3,10,12-13H2,1H3,(H,25,29)/t16-/m1/s1. The molecule has 0 unspecified atom stereocenters. The highest BCUT2D eigenvalue weighted by atomic mass is 19.1. The minimum atomic E-state index is -0.786. The van der Waals surface area contributed by atoms with Crippen LogP contribution in [0.25, 0.3) is 11.5 Å². The summed E-state index contributed by atoms with van der Waals surface area (Å²) in [5, 5.41) is 6.62. The summed E-state index contributed by atoms with van der Waals surface area (Å²) in [6.45, 7) is 3.78. The Kier molecular flexibility index (Phi) is 5.85. The monoisotopic (exact) mass is 412 g/mol. The molecule has 0 aliphatic carbocycles. The Morgan fingerprint density at radius 3 is 2.80 bits per heavy atom. The minimum Gasteiger partial charge on any atom is -0.334 e. The van der Waals surface area contributed by atoms with Crippen LogP contribution in [-0.4, -0.2) is 34.0 Å². The topological polar surface area (TPSA) is 71.3 Å². The molecule has 0 saturated carbocycles. The first-order chi connectivity index (χ1) is 14.5. The smallest absolute Gasteiger partial charge is 0.257 e. The Hall–Kier alpha value is -3.13. The van der Waals surface area contributed by atoms with Crippen LogP contribution in [0.4, 0.5) is 14.5 Å². The number of aryl methyl sites for hydroxylation is 1. The van der Waals surface area contributed by atoms with Gasteiger partial charge in [-0.1, -0.05) is 22.9 Å². The fraction of sp³-hybridized carbons (Fsp3) is 0.318. The third-order valence-corrected chi connectivity index (χ3v) is 5.20. The van der Waals surface area contributed by atoms with Gasteiger partial charge in [0.2, 0.25) is 5.91 Å². The van der Waals surface area contributed by atoms with E-state index in [0.717, 1.165) is 36.2 Å². The minimum absolute atomic E-state index is 0.0144. The number of amides is 1. The van der Waals surface area contributed by atoms with Gasteiger partial charge in [-0.05, 0) is 50.6 Å². The maximum atomic E-state index is 13.8. The van der Waals surface area contributed by atoms with E-state index in [1.165, 1.54) is 6.07 Å². The lowest BCUT2D eigenvalue weighted by Crippen LogP contribution is -2.40. The molecule has 30 heavy (non-hydrogen) atoms. The lowest BCUT2D eigenvalue weighted by atomic mass is 9.97.